The van der Waals surface area contributed by atoms with Crippen LogP contribution in [0.5, 0.6) is 0 Å². The van der Waals surface area contributed by atoms with E-state index >= 15 is 0 Å². The van der Waals surface area contributed by atoms with E-state index < -0.39 is 0 Å². The van der Waals surface area contributed by atoms with Gasteiger partial charge in [0, 0.05) is 12.2 Å². The molecule has 2 aromatic carbocycles. The van der Waals surface area contributed by atoms with Crippen molar-refractivity contribution < 1.29 is 14.3 Å². The lowest BCUT2D eigenvalue weighted by atomic mass is 10.2. The van der Waals surface area contributed by atoms with Crippen molar-refractivity contribution >= 4 is 40.4 Å². The summed E-state index contributed by atoms with van der Waals surface area (Å²) in [6.07, 6.45) is -0.172. The van der Waals surface area contributed by atoms with Crippen LogP contribution in [-0.4, -0.2) is 33.3 Å². The summed E-state index contributed by atoms with van der Waals surface area (Å²) in [6, 6.07) is 14.7. The first-order valence-electron chi connectivity index (χ1n) is 10.0. The lowest BCUT2D eigenvalue weighted by Gasteiger charge is -2.11. The van der Waals surface area contributed by atoms with Crippen LogP contribution in [-0.2, 0) is 16.1 Å². The van der Waals surface area contributed by atoms with Crippen LogP contribution >= 0.6 is 11.8 Å². The molecule has 1 heterocycles. The summed E-state index contributed by atoms with van der Waals surface area (Å²) in [5.74, 6) is 0.221. The third kappa shape index (κ3) is 5.63. The Bertz CT molecular complexity index is 1030. The molecule has 0 unspecified atom stereocenters. The normalized spacial score (nSPS) is 11.3. The number of fused-ring (bicyclic) bond motifs is 1. The molecule has 0 saturated heterocycles. The van der Waals surface area contributed by atoms with Gasteiger partial charge in [-0.05, 0) is 56.2 Å². The average molecular weight is 426 g/mol. The molecule has 1 aromatic heterocycles. The Labute approximate surface area is 181 Å². The number of esters is 1. The zero-order chi connectivity index (χ0) is 21.7. The van der Waals surface area contributed by atoms with Crippen molar-refractivity contribution in [2.24, 2.45) is 5.92 Å². The van der Waals surface area contributed by atoms with Crippen LogP contribution in [0.15, 0.2) is 53.7 Å². The molecule has 0 saturated carbocycles. The second kappa shape index (κ2) is 9.80. The van der Waals surface area contributed by atoms with E-state index in [0.29, 0.717) is 17.2 Å². The van der Waals surface area contributed by atoms with E-state index in [4.69, 9.17) is 9.72 Å². The summed E-state index contributed by atoms with van der Waals surface area (Å²) in [4.78, 5) is 29.0. The van der Waals surface area contributed by atoms with Crippen LogP contribution in [0.25, 0.3) is 11.0 Å². The highest BCUT2D eigenvalue weighted by Gasteiger charge is 2.14. The van der Waals surface area contributed by atoms with E-state index in [1.807, 2.05) is 18.2 Å². The van der Waals surface area contributed by atoms with Gasteiger partial charge in [0.2, 0.25) is 5.91 Å². The van der Waals surface area contributed by atoms with Crippen LogP contribution in [0.4, 0.5) is 5.69 Å². The number of para-hydroxylation sites is 2. The van der Waals surface area contributed by atoms with Gasteiger partial charge in [0.15, 0.2) is 5.16 Å². The summed E-state index contributed by atoms with van der Waals surface area (Å²) in [7, 11) is 0. The number of thioether (sulfide) groups is 1. The van der Waals surface area contributed by atoms with Crippen molar-refractivity contribution in [2.45, 2.75) is 45.5 Å². The number of carbonyl (C=O) groups is 2. The molecule has 1 N–H and O–H groups in total. The molecule has 0 aliphatic carbocycles. The number of rotatable bonds is 8. The fourth-order valence-corrected chi connectivity index (χ4v) is 3.83. The maximum atomic E-state index is 12.4. The van der Waals surface area contributed by atoms with Crippen LogP contribution in [0.2, 0.25) is 0 Å². The summed E-state index contributed by atoms with van der Waals surface area (Å²) >= 11 is 1.42. The Morgan fingerprint density at radius 2 is 1.77 bits per heavy atom. The fraction of sp³-hybridized carbons (Fsp3) is 0.348. The van der Waals surface area contributed by atoms with E-state index in [1.54, 1.807) is 38.1 Å². The zero-order valence-corrected chi connectivity index (χ0v) is 18.5. The van der Waals surface area contributed by atoms with Crippen molar-refractivity contribution in [2.75, 3.05) is 11.1 Å². The lowest BCUT2D eigenvalue weighted by molar-refractivity contribution is -0.113. The molecule has 0 spiro atoms. The molecule has 158 valence electrons. The van der Waals surface area contributed by atoms with Crippen molar-refractivity contribution in [3.63, 3.8) is 0 Å². The third-order valence-electron chi connectivity index (χ3n) is 4.25. The van der Waals surface area contributed by atoms with Gasteiger partial charge in [0.25, 0.3) is 0 Å². The maximum absolute atomic E-state index is 12.4. The van der Waals surface area contributed by atoms with Gasteiger partial charge in [-0.2, -0.15) is 0 Å². The topological polar surface area (TPSA) is 73.2 Å². The SMILES string of the molecule is CC(C)Cn1c(SCC(=O)Nc2ccc(C(=O)OC(C)C)cc2)nc2ccccc21. The Kier molecular flexibility index (Phi) is 7.15. The number of imidazole rings is 1. The van der Waals surface area contributed by atoms with E-state index in [-0.39, 0.29) is 23.7 Å². The monoisotopic (exact) mass is 425 g/mol. The van der Waals surface area contributed by atoms with Crippen LogP contribution < -0.4 is 5.32 Å². The lowest BCUT2D eigenvalue weighted by Crippen LogP contribution is -2.15. The van der Waals surface area contributed by atoms with E-state index in [0.717, 1.165) is 22.7 Å². The van der Waals surface area contributed by atoms with Crippen molar-refractivity contribution in [3.8, 4) is 0 Å². The number of aromatic nitrogens is 2. The minimum Gasteiger partial charge on any atom is -0.459 e. The number of nitrogens with zero attached hydrogens (tertiary/aromatic N) is 2. The van der Waals surface area contributed by atoms with Gasteiger partial charge >= 0.3 is 5.97 Å². The average Bonchev–Trinajstić information content (AvgIpc) is 3.03. The highest BCUT2D eigenvalue weighted by Crippen LogP contribution is 2.25. The van der Waals surface area contributed by atoms with E-state index in [1.165, 1.54) is 11.8 Å². The van der Waals surface area contributed by atoms with Crippen molar-refractivity contribution in [1.82, 2.24) is 9.55 Å². The number of hydrogen-bond acceptors (Lipinski definition) is 5. The molecule has 3 rings (SSSR count). The zero-order valence-electron chi connectivity index (χ0n) is 17.7. The van der Waals surface area contributed by atoms with Gasteiger partial charge in [-0.1, -0.05) is 37.7 Å². The molecule has 7 heteroatoms. The summed E-state index contributed by atoms with van der Waals surface area (Å²) < 4.78 is 7.34. The van der Waals surface area contributed by atoms with Gasteiger partial charge < -0.3 is 14.6 Å². The number of amides is 1. The van der Waals surface area contributed by atoms with E-state index in [2.05, 4.69) is 29.8 Å². The molecule has 30 heavy (non-hydrogen) atoms. The quantitative estimate of drug-likeness (QED) is 0.407. The molecule has 3 aromatic rings. The molecule has 0 radical (unpaired) electrons. The van der Waals surface area contributed by atoms with Crippen LogP contribution in [0, 0.1) is 5.92 Å². The van der Waals surface area contributed by atoms with Gasteiger partial charge in [0.05, 0.1) is 28.5 Å². The molecule has 1 amide bonds. The standard InChI is InChI=1S/C23H27N3O3S/c1-15(2)13-26-20-8-6-5-7-19(20)25-23(26)30-14-21(27)24-18-11-9-17(10-12-18)22(28)29-16(3)4/h5-12,15-16H,13-14H2,1-4H3,(H,24,27). The number of benzene rings is 2. The van der Waals surface area contributed by atoms with Crippen molar-refractivity contribution in [1.29, 1.82) is 0 Å². The fourth-order valence-electron chi connectivity index (χ4n) is 3.00. The Morgan fingerprint density at radius 3 is 2.43 bits per heavy atom. The van der Waals surface area contributed by atoms with Crippen molar-refractivity contribution in [3.05, 3.63) is 54.1 Å². The first kappa shape index (κ1) is 21.9. The van der Waals surface area contributed by atoms with E-state index in [9.17, 15) is 9.59 Å². The molecule has 0 fully saturated rings. The van der Waals surface area contributed by atoms with Crippen LogP contribution in [0.1, 0.15) is 38.1 Å². The van der Waals surface area contributed by atoms with Gasteiger partial charge in [0.1, 0.15) is 0 Å². The molecule has 6 nitrogen and oxygen atoms in total. The van der Waals surface area contributed by atoms with Gasteiger partial charge in [-0.15, -0.1) is 0 Å². The summed E-state index contributed by atoms with van der Waals surface area (Å²) in [5.41, 5.74) is 3.11. The predicted octanol–water partition coefficient (Wildman–Crippen LogP) is 4.99. The number of anilines is 1. The third-order valence-corrected chi connectivity index (χ3v) is 5.22. The molecule has 0 atom stereocenters. The number of ether oxygens (including phenoxy) is 1. The number of carbonyl (C=O) groups excluding carboxylic acids is 2. The van der Waals surface area contributed by atoms with Gasteiger partial charge in [-0.3, -0.25) is 4.79 Å². The first-order valence-corrected chi connectivity index (χ1v) is 11.0. The number of nitrogens with one attached hydrogen (secondary N) is 1. The Balaban J connectivity index is 1.63. The smallest absolute Gasteiger partial charge is 0.338 e. The Morgan fingerprint density at radius 1 is 1.07 bits per heavy atom. The maximum Gasteiger partial charge on any atom is 0.338 e. The highest BCUT2D eigenvalue weighted by atomic mass is 32.2. The highest BCUT2D eigenvalue weighted by molar-refractivity contribution is 7.99. The number of hydrogen-bond donors (Lipinski definition) is 1. The summed E-state index contributed by atoms with van der Waals surface area (Å²) in [6.45, 7) is 8.78. The second-order valence-electron chi connectivity index (χ2n) is 7.76. The van der Waals surface area contributed by atoms with Gasteiger partial charge in [-0.25, -0.2) is 9.78 Å². The largest absolute Gasteiger partial charge is 0.459 e. The Hall–Kier alpha value is -2.80. The molecular weight excluding hydrogens is 398 g/mol. The molecular formula is C23H27N3O3S. The van der Waals surface area contributed by atoms with Crippen LogP contribution in [0.3, 0.4) is 0 Å². The minimum absolute atomic E-state index is 0.124. The minimum atomic E-state index is -0.373. The first-order chi connectivity index (χ1) is 14.3. The predicted molar refractivity (Wildman–Crippen MR) is 121 cm³/mol. The molecule has 0 aliphatic heterocycles. The molecule has 0 aliphatic rings. The second-order valence-corrected chi connectivity index (χ2v) is 8.70. The molecule has 0 bridgehead atoms. The summed E-state index contributed by atoms with van der Waals surface area (Å²) in [5, 5.41) is 3.70.